The van der Waals surface area contributed by atoms with Crippen LogP contribution in [0.1, 0.15) is 5.56 Å². The third-order valence-corrected chi connectivity index (χ3v) is 3.63. The molecule has 1 aromatic heterocycles. The smallest absolute Gasteiger partial charge is 0.335 e. The van der Waals surface area contributed by atoms with E-state index in [2.05, 4.69) is 25.9 Å². The Morgan fingerprint density at radius 3 is 2.57 bits per heavy atom. The van der Waals surface area contributed by atoms with Gasteiger partial charge in [0.15, 0.2) is 0 Å². The highest BCUT2D eigenvalue weighted by molar-refractivity contribution is 9.10. The number of aromatic hydroxyl groups is 1. The fourth-order valence-electron chi connectivity index (χ4n) is 1.90. The normalized spacial score (nSPS) is 11.5. The number of hydrogen-bond donors (Lipinski definition) is 2. The highest BCUT2D eigenvalue weighted by atomic mass is 79.9. The summed E-state index contributed by atoms with van der Waals surface area (Å²) in [7, 11) is 3.82. The van der Waals surface area contributed by atoms with Crippen LogP contribution in [-0.2, 0) is 0 Å². The van der Waals surface area contributed by atoms with Crippen molar-refractivity contribution in [3.63, 3.8) is 0 Å². The Labute approximate surface area is 141 Å². The van der Waals surface area contributed by atoms with Crippen LogP contribution in [0, 0.1) is 0 Å². The molecule has 0 aliphatic carbocycles. The number of nitrogens with zero attached hydrogens (tertiary/aromatic N) is 3. The molecule has 23 heavy (non-hydrogen) atoms. The Morgan fingerprint density at radius 2 is 1.96 bits per heavy atom. The summed E-state index contributed by atoms with van der Waals surface area (Å²) in [5.41, 5.74) is -0.990. The quantitative estimate of drug-likeness (QED) is 0.756. The standard InChI is InChI=1S/C15H17BrN4O3/c1-19(2)8-7-17-9-12-13(21)18-15(23)20(14(12)22)11-5-3-10(16)4-6-11/h3-6,9,22H,7-8H2,1-2H3,(H,18,21,23). The third kappa shape index (κ3) is 4.17. The van der Waals surface area contributed by atoms with E-state index in [0.717, 1.165) is 9.04 Å². The van der Waals surface area contributed by atoms with Gasteiger partial charge in [-0.2, -0.15) is 0 Å². The summed E-state index contributed by atoms with van der Waals surface area (Å²) in [5, 5.41) is 10.3. The number of benzene rings is 1. The average Bonchev–Trinajstić information content (AvgIpc) is 2.47. The fraction of sp³-hybridized carbons (Fsp3) is 0.267. The molecule has 0 saturated heterocycles. The second kappa shape index (κ2) is 7.38. The van der Waals surface area contributed by atoms with Gasteiger partial charge in [-0.1, -0.05) is 15.9 Å². The molecule has 8 heteroatoms. The first-order valence-electron chi connectivity index (χ1n) is 6.89. The second-order valence-electron chi connectivity index (χ2n) is 5.15. The maximum atomic E-state index is 12.0. The third-order valence-electron chi connectivity index (χ3n) is 3.10. The van der Waals surface area contributed by atoms with E-state index in [1.807, 2.05) is 19.0 Å². The van der Waals surface area contributed by atoms with Crippen LogP contribution in [0.25, 0.3) is 5.69 Å². The van der Waals surface area contributed by atoms with Gasteiger partial charge in [0.05, 0.1) is 12.2 Å². The molecule has 0 radical (unpaired) electrons. The monoisotopic (exact) mass is 380 g/mol. The van der Waals surface area contributed by atoms with Crippen molar-refractivity contribution in [2.24, 2.45) is 4.99 Å². The number of likely N-dealkylation sites (N-methyl/N-ethyl adjacent to an activating group) is 1. The summed E-state index contributed by atoms with van der Waals surface area (Å²) in [5.74, 6) is -0.435. The molecule has 0 aliphatic heterocycles. The summed E-state index contributed by atoms with van der Waals surface area (Å²) < 4.78 is 1.87. The minimum absolute atomic E-state index is 0.0497. The van der Waals surface area contributed by atoms with Crippen LogP contribution in [0.2, 0.25) is 0 Å². The summed E-state index contributed by atoms with van der Waals surface area (Å²) in [4.78, 5) is 32.1. The zero-order valence-corrected chi connectivity index (χ0v) is 14.4. The molecule has 2 aromatic rings. The average molecular weight is 381 g/mol. The molecular weight excluding hydrogens is 364 g/mol. The van der Waals surface area contributed by atoms with Crippen molar-refractivity contribution in [2.45, 2.75) is 0 Å². The van der Waals surface area contributed by atoms with E-state index in [-0.39, 0.29) is 5.56 Å². The minimum atomic E-state index is -0.708. The molecule has 2 rings (SSSR count). The number of hydrogen-bond acceptors (Lipinski definition) is 5. The van der Waals surface area contributed by atoms with Crippen molar-refractivity contribution in [1.29, 1.82) is 0 Å². The SMILES string of the molecule is CN(C)CCN=Cc1c(O)n(-c2ccc(Br)cc2)c(=O)[nH]c1=O. The highest BCUT2D eigenvalue weighted by Gasteiger charge is 2.13. The van der Waals surface area contributed by atoms with Gasteiger partial charge in [-0.3, -0.25) is 14.8 Å². The topological polar surface area (TPSA) is 90.7 Å². The molecule has 0 bridgehead atoms. The number of rotatable bonds is 5. The second-order valence-corrected chi connectivity index (χ2v) is 6.06. The molecule has 122 valence electrons. The van der Waals surface area contributed by atoms with Crippen LogP contribution >= 0.6 is 15.9 Å². The van der Waals surface area contributed by atoms with Gasteiger partial charge in [0, 0.05) is 17.2 Å². The molecule has 0 aliphatic rings. The van der Waals surface area contributed by atoms with Crippen molar-refractivity contribution in [3.05, 3.63) is 55.1 Å². The van der Waals surface area contributed by atoms with E-state index in [9.17, 15) is 14.7 Å². The first kappa shape index (κ1) is 17.2. The van der Waals surface area contributed by atoms with Crippen LogP contribution in [0.3, 0.4) is 0 Å². The van der Waals surface area contributed by atoms with Gasteiger partial charge < -0.3 is 10.0 Å². The van der Waals surface area contributed by atoms with Gasteiger partial charge in [-0.15, -0.1) is 0 Å². The number of nitrogens with one attached hydrogen (secondary N) is 1. The molecule has 1 heterocycles. The first-order valence-corrected chi connectivity index (χ1v) is 7.68. The minimum Gasteiger partial charge on any atom is -0.493 e. The zero-order chi connectivity index (χ0) is 17.0. The molecule has 0 spiro atoms. The highest BCUT2D eigenvalue weighted by Crippen LogP contribution is 2.17. The summed E-state index contributed by atoms with van der Waals surface area (Å²) in [6.07, 6.45) is 1.28. The van der Waals surface area contributed by atoms with Crippen LogP contribution in [0.15, 0.2) is 43.3 Å². The molecule has 0 unspecified atom stereocenters. The predicted octanol–water partition coefficient (Wildman–Crippen LogP) is 0.974. The Morgan fingerprint density at radius 1 is 1.30 bits per heavy atom. The first-order chi connectivity index (χ1) is 10.9. The fourth-order valence-corrected chi connectivity index (χ4v) is 2.16. The van der Waals surface area contributed by atoms with Crippen molar-refractivity contribution < 1.29 is 5.11 Å². The number of halogens is 1. The summed E-state index contributed by atoms with van der Waals surface area (Å²) in [6.45, 7) is 1.19. The van der Waals surface area contributed by atoms with Crippen molar-refractivity contribution in [1.82, 2.24) is 14.5 Å². The maximum absolute atomic E-state index is 12.0. The molecular formula is C15H17BrN4O3. The van der Waals surface area contributed by atoms with E-state index in [0.29, 0.717) is 18.8 Å². The van der Waals surface area contributed by atoms with E-state index in [1.165, 1.54) is 6.21 Å². The van der Waals surface area contributed by atoms with Crippen LogP contribution in [0.5, 0.6) is 5.88 Å². The van der Waals surface area contributed by atoms with Crippen molar-refractivity contribution >= 4 is 22.1 Å². The Balaban J connectivity index is 2.45. The molecule has 1 aromatic carbocycles. The summed E-state index contributed by atoms with van der Waals surface area (Å²) in [6, 6.07) is 6.77. The zero-order valence-electron chi connectivity index (χ0n) is 12.8. The lowest BCUT2D eigenvalue weighted by molar-refractivity contribution is 0.420. The Hall–Kier alpha value is -2.19. The Kier molecular flexibility index (Phi) is 5.51. The van der Waals surface area contributed by atoms with Gasteiger partial charge >= 0.3 is 5.69 Å². The maximum Gasteiger partial charge on any atom is 0.335 e. The number of aliphatic imine (C=N–C) groups is 1. The van der Waals surface area contributed by atoms with E-state index in [1.54, 1.807) is 24.3 Å². The largest absolute Gasteiger partial charge is 0.493 e. The molecule has 0 fully saturated rings. The number of aromatic nitrogens is 2. The summed E-state index contributed by atoms with van der Waals surface area (Å²) >= 11 is 3.30. The van der Waals surface area contributed by atoms with Crippen molar-refractivity contribution in [3.8, 4) is 11.6 Å². The lowest BCUT2D eigenvalue weighted by atomic mass is 10.3. The van der Waals surface area contributed by atoms with Crippen LogP contribution < -0.4 is 11.2 Å². The lowest BCUT2D eigenvalue weighted by Gasteiger charge is -2.10. The Bertz CT molecular complexity index is 822. The molecule has 0 atom stereocenters. The van der Waals surface area contributed by atoms with Gasteiger partial charge in [-0.25, -0.2) is 9.36 Å². The predicted molar refractivity (Wildman–Crippen MR) is 93.0 cm³/mol. The van der Waals surface area contributed by atoms with Crippen molar-refractivity contribution in [2.75, 3.05) is 27.2 Å². The van der Waals surface area contributed by atoms with E-state index >= 15 is 0 Å². The van der Waals surface area contributed by atoms with Crippen LogP contribution in [0.4, 0.5) is 0 Å². The number of H-pyrrole nitrogens is 1. The number of aromatic amines is 1. The molecule has 0 amide bonds. The van der Waals surface area contributed by atoms with Gasteiger partial charge in [0.25, 0.3) is 5.56 Å². The van der Waals surface area contributed by atoms with Crippen LogP contribution in [-0.4, -0.2) is 53.0 Å². The molecule has 2 N–H and O–H groups in total. The van der Waals surface area contributed by atoms with E-state index < -0.39 is 17.1 Å². The van der Waals surface area contributed by atoms with Gasteiger partial charge in [-0.05, 0) is 38.4 Å². The molecule has 7 nitrogen and oxygen atoms in total. The van der Waals surface area contributed by atoms with Gasteiger partial charge in [0.2, 0.25) is 5.88 Å². The molecule has 0 saturated carbocycles. The van der Waals surface area contributed by atoms with Gasteiger partial charge in [0.1, 0.15) is 5.56 Å². The lowest BCUT2D eigenvalue weighted by Crippen LogP contribution is -2.31. The van der Waals surface area contributed by atoms with E-state index in [4.69, 9.17) is 0 Å².